The van der Waals surface area contributed by atoms with Crippen molar-refractivity contribution in [3.05, 3.63) is 63.9 Å². The van der Waals surface area contributed by atoms with Crippen molar-refractivity contribution in [2.75, 3.05) is 13.6 Å². The Morgan fingerprint density at radius 2 is 1.95 bits per heavy atom. The van der Waals surface area contributed by atoms with Crippen LogP contribution in [0.25, 0.3) is 0 Å². The zero-order chi connectivity index (χ0) is 14.8. The molecule has 2 aromatic carbocycles. The Bertz CT molecular complexity index is 629. The third-order valence-corrected chi connectivity index (χ3v) is 4.25. The summed E-state index contributed by atoms with van der Waals surface area (Å²) in [6.45, 7) is 1.89. The van der Waals surface area contributed by atoms with Crippen LogP contribution in [0, 0.1) is 5.82 Å². The standard InChI is InChI=1S/C17H17BrFNO/c1-20-9-8-17(21-15-5-3-14(19)4-6-15)16-7-2-13(18)10-12(16)11-20/h2-7,10,17H,8-9,11H2,1H3. The molecule has 0 aromatic heterocycles. The summed E-state index contributed by atoms with van der Waals surface area (Å²) in [6.07, 6.45) is 0.922. The smallest absolute Gasteiger partial charge is 0.125 e. The molecule has 0 saturated carbocycles. The predicted octanol–water partition coefficient (Wildman–Crippen LogP) is 4.54. The molecular formula is C17H17BrFNO. The van der Waals surface area contributed by atoms with Gasteiger partial charge >= 0.3 is 0 Å². The molecule has 0 amide bonds. The van der Waals surface area contributed by atoms with Gasteiger partial charge in [-0.25, -0.2) is 4.39 Å². The number of rotatable bonds is 2. The summed E-state index contributed by atoms with van der Waals surface area (Å²) < 4.78 is 20.2. The van der Waals surface area contributed by atoms with E-state index in [0.29, 0.717) is 5.75 Å². The first kappa shape index (κ1) is 14.5. The van der Waals surface area contributed by atoms with Crippen LogP contribution in [-0.4, -0.2) is 18.5 Å². The van der Waals surface area contributed by atoms with E-state index >= 15 is 0 Å². The summed E-state index contributed by atoms with van der Waals surface area (Å²) in [5.41, 5.74) is 2.49. The molecule has 110 valence electrons. The van der Waals surface area contributed by atoms with Crippen molar-refractivity contribution in [2.45, 2.75) is 19.1 Å². The minimum absolute atomic E-state index is 0.00325. The normalized spacial score (nSPS) is 18.9. The SMILES string of the molecule is CN1CCC(Oc2ccc(F)cc2)c2ccc(Br)cc2C1. The molecule has 4 heteroatoms. The Morgan fingerprint density at radius 1 is 1.19 bits per heavy atom. The van der Waals surface area contributed by atoms with Crippen LogP contribution < -0.4 is 4.74 Å². The molecule has 0 aliphatic carbocycles. The summed E-state index contributed by atoms with van der Waals surface area (Å²) in [6, 6.07) is 12.5. The molecule has 0 fully saturated rings. The van der Waals surface area contributed by atoms with Crippen molar-refractivity contribution < 1.29 is 9.13 Å². The summed E-state index contributed by atoms with van der Waals surface area (Å²) in [7, 11) is 2.12. The Kier molecular flexibility index (Phi) is 4.27. The number of ether oxygens (including phenoxy) is 1. The van der Waals surface area contributed by atoms with Crippen LogP contribution in [0.5, 0.6) is 5.75 Å². The van der Waals surface area contributed by atoms with E-state index in [2.05, 4.69) is 40.0 Å². The highest BCUT2D eigenvalue weighted by molar-refractivity contribution is 9.10. The molecule has 1 unspecified atom stereocenters. The lowest BCUT2D eigenvalue weighted by molar-refractivity contribution is 0.182. The second-order valence-electron chi connectivity index (χ2n) is 5.43. The maximum atomic E-state index is 13.0. The zero-order valence-electron chi connectivity index (χ0n) is 11.9. The molecular weight excluding hydrogens is 333 g/mol. The van der Waals surface area contributed by atoms with E-state index in [9.17, 15) is 4.39 Å². The molecule has 0 N–H and O–H groups in total. The van der Waals surface area contributed by atoms with Gasteiger partial charge in [0.1, 0.15) is 17.7 Å². The van der Waals surface area contributed by atoms with Gasteiger partial charge in [0.05, 0.1) is 0 Å². The van der Waals surface area contributed by atoms with Gasteiger partial charge in [0.15, 0.2) is 0 Å². The highest BCUT2D eigenvalue weighted by Gasteiger charge is 2.22. The van der Waals surface area contributed by atoms with Crippen molar-refractivity contribution in [3.63, 3.8) is 0 Å². The minimum atomic E-state index is -0.243. The number of hydrogen-bond acceptors (Lipinski definition) is 2. The molecule has 1 aliphatic heterocycles. The minimum Gasteiger partial charge on any atom is -0.486 e. The summed E-state index contributed by atoms with van der Waals surface area (Å²) in [5.74, 6) is 0.465. The predicted molar refractivity (Wildman–Crippen MR) is 84.9 cm³/mol. The molecule has 0 saturated heterocycles. The Morgan fingerprint density at radius 3 is 2.71 bits per heavy atom. The van der Waals surface area contributed by atoms with Crippen molar-refractivity contribution in [1.82, 2.24) is 4.90 Å². The average Bonchev–Trinajstić information content (AvgIpc) is 2.60. The first-order valence-corrected chi connectivity index (χ1v) is 7.80. The zero-order valence-corrected chi connectivity index (χ0v) is 13.4. The van der Waals surface area contributed by atoms with Gasteiger partial charge in [0, 0.05) is 24.0 Å². The van der Waals surface area contributed by atoms with Crippen LogP contribution in [0.4, 0.5) is 4.39 Å². The van der Waals surface area contributed by atoms with Gasteiger partial charge in [-0.05, 0) is 54.6 Å². The van der Waals surface area contributed by atoms with Crippen LogP contribution in [0.2, 0.25) is 0 Å². The van der Waals surface area contributed by atoms with E-state index in [0.717, 1.165) is 24.0 Å². The summed E-state index contributed by atoms with van der Waals surface area (Å²) in [4.78, 5) is 2.29. The molecule has 0 bridgehead atoms. The number of hydrogen-bond donors (Lipinski definition) is 0. The van der Waals surface area contributed by atoms with Gasteiger partial charge in [-0.1, -0.05) is 22.0 Å². The van der Waals surface area contributed by atoms with E-state index in [1.54, 1.807) is 12.1 Å². The Hall–Kier alpha value is -1.39. The quantitative estimate of drug-likeness (QED) is 0.788. The van der Waals surface area contributed by atoms with E-state index in [1.807, 2.05) is 6.07 Å². The highest BCUT2D eigenvalue weighted by atomic mass is 79.9. The Labute approximate surface area is 132 Å². The molecule has 1 heterocycles. The average molecular weight is 350 g/mol. The van der Waals surface area contributed by atoms with E-state index < -0.39 is 0 Å². The largest absolute Gasteiger partial charge is 0.486 e. The van der Waals surface area contributed by atoms with Gasteiger partial charge in [0.2, 0.25) is 0 Å². The summed E-state index contributed by atoms with van der Waals surface area (Å²) in [5, 5.41) is 0. The lowest BCUT2D eigenvalue weighted by Crippen LogP contribution is -2.18. The molecule has 2 nitrogen and oxygen atoms in total. The third-order valence-electron chi connectivity index (χ3n) is 3.76. The van der Waals surface area contributed by atoms with Crippen LogP contribution in [0.1, 0.15) is 23.7 Å². The fourth-order valence-electron chi connectivity index (χ4n) is 2.69. The maximum Gasteiger partial charge on any atom is 0.125 e. The first-order chi connectivity index (χ1) is 10.1. The van der Waals surface area contributed by atoms with Gasteiger partial charge in [-0.3, -0.25) is 0 Å². The van der Waals surface area contributed by atoms with Crippen LogP contribution >= 0.6 is 15.9 Å². The lowest BCUT2D eigenvalue weighted by Gasteiger charge is -2.19. The van der Waals surface area contributed by atoms with Crippen molar-refractivity contribution in [1.29, 1.82) is 0 Å². The van der Waals surface area contributed by atoms with Crippen LogP contribution in [-0.2, 0) is 6.54 Å². The molecule has 21 heavy (non-hydrogen) atoms. The second kappa shape index (κ2) is 6.16. The van der Waals surface area contributed by atoms with Gasteiger partial charge in [-0.2, -0.15) is 0 Å². The highest BCUT2D eigenvalue weighted by Crippen LogP contribution is 2.32. The fraction of sp³-hybridized carbons (Fsp3) is 0.294. The Balaban J connectivity index is 1.90. The number of halogens is 2. The van der Waals surface area contributed by atoms with E-state index in [4.69, 9.17) is 4.74 Å². The van der Waals surface area contributed by atoms with E-state index in [1.165, 1.54) is 23.3 Å². The molecule has 2 aromatic rings. The molecule has 0 radical (unpaired) electrons. The van der Waals surface area contributed by atoms with Crippen molar-refractivity contribution in [2.24, 2.45) is 0 Å². The number of nitrogens with zero attached hydrogens (tertiary/aromatic N) is 1. The van der Waals surface area contributed by atoms with Crippen LogP contribution in [0.15, 0.2) is 46.9 Å². The van der Waals surface area contributed by atoms with Gasteiger partial charge in [0.25, 0.3) is 0 Å². The molecule has 0 spiro atoms. The molecule has 1 aliphatic rings. The summed E-state index contributed by atoms with van der Waals surface area (Å²) >= 11 is 3.53. The number of fused-ring (bicyclic) bond motifs is 1. The maximum absolute atomic E-state index is 13.0. The second-order valence-corrected chi connectivity index (χ2v) is 6.35. The van der Waals surface area contributed by atoms with E-state index in [-0.39, 0.29) is 11.9 Å². The van der Waals surface area contributed by atoms with Crippen molar-refractivity contribution in [3.8, 4) is 5.75 Å². The van der Waals surface area contributed by atoms with Crippen LogP contribution in [0.3, 0.4) is 0 Å². The van der Waals surface area contributed by atoms with Gasteiger partial charge in [-0.15, -0.1) is 0 Å². The van der Waals surface area contributed by atoms with Gasteiger partial charge < -0.3 is 9.64 Å². The first-order valence-electron chi connectivity index (χ1n) is 7.01. The van der Waals surface area contributed by atoms with Crippen molar-refractivity contribution >= 4 is 15.9 Å². The monoisotopic (exact) mass is 349 g/mol. The topological polar surface area (TPSA) is 12.5 Å². The fourth-order valence-corrected chi connectivity index (χ4v) is 3.10. The third kappa shape index (κ3) is 3.44. The lowest BCUT2D eigenvalue weighted by atomic mass is 10.0. The molecule has 1 atom stereocenters. The molecule has 3 rings (SSSR count). The number of benzene rings is 2.